The Balaban J connectivity index is 4.67. The van der Waals surface area contributed by atoms with Gasteiger partial charge in [0.1, 0.15) is 5.60 Å². The van der Waals surface area contributed by atoms with Crippen molar-refractivity contribution in [2.45, 2.75) is 59.7 Å². The van der Waals surface area contributed by atoms with E-state index in [1.54, 1.807) is 27.7 Å². The Kier molecular flexibility index (Phi) is 5.52. The second-order valence-corrected chi connectivity index (χ2v) is 5.69. The average Bonchev–Trinajstić information content (AvgIpc) is 2.14. The SMILES string of the molecule is CC(=O)C(C)OC(=O)C(C)(C)CC(C)(C)OC=O. The van der Waals surface area contributed by atoms with Crippen LogP contribution in [0.25, 0.3) is 0 Å². The molecule has 18 heavy (non-hydrogen) atoms. The van der Waals surface area contributed by atoms with E-state index in [2.05, 4.69) is 0 Å². The summed E-state index contributed by atoms with van der Waals surface area (Å²) in [5.41, 5.74) is -1.60. The van der Waals surface area contributed by atoms with Gasteiger partial charge in [-0.05, 0) is 41.5 Å². The Morgan fingerprint density at radius 2 is 1.72 bits per heavy atom. The fourth-order valence-electron chi connectivity index (χ4n) is 1.71. The van der Waals surface area contributed by atoms with Crippen LogP contribution in [0.15, 0.2) is 0 Å². The van der Waals surface area contributed by atoms with E-state index < -0.39 is 23.1 Å². The van der Waals surface area contributed by atoms with Crippen molar-refractivity contribution in [1.82, 2.24) is 0 Å². The number of carbonyl (C=O) groups excluding carboxylic acids is 3. The van der Waals surface area contributed by atoms with E-state index in [4.69, 9.17) is 9.47 Å². The van der Waals surface area contributed by atoms with Crippen LogP contribution in [0.2, 0.25) is 0 Å². The van der Waals surface area contributed by atoms with Gasteiger partial charge in [0.05, 0.1) is 5.41 Å². The van der Waals surface area contributed by atoms with E-state index in [-0.39, 0.29) is 5.78 Å². The molecule has 5 nitrogen and oxygen atoms in total. The molecule has 0 aliphatic rings. The largest absolute Gasteiger partial charge is 0.462 e. The standard InChI is InChI=1S/C13H22O5/c1-9(15)10(2)18-11(16)12(3,4)7-13(5,6)17-8-14/h8,10H,7H2,1-6H3. The number of hydrogen-bond acceptors (Lipinski definition) is 5. The van der Waals surface area contributed by atoms with Crippen LogP contribution >= 0.6 is 0 Å². The first-order valence-electron chi connectivity index (χ1n) is 5.85. The number of hydrogen-bond donors (Lipinski definition) is 0. The van der Waals surface area contributed by atoms with Crippen molar-refractivity contribution in [1.29, 1.82) is 0 Å². The zero-order valence-corrected chi connectivity index (χ0v) is 11.9. The summed E-state index contributed by atoms with van der Waals surface area (Å²) in [4.78, 5) is 33.3. The fourth-order valence-corrected chi connectivity index (χ4v) is 1.71. The summed E-state index contributed by atoms with van der Waals surface area (Å²) in [6.45, 7) is 10.1. The van der Waals surface area contributed by atoms with Gasteiger partial charge in [-0.1, -0.05) is 0 Å². The third kappa shape index (κ3) is 5.29. The zero-order chi connectivity index (χ0) is 14.6. The molecule has 0 aromatic rings. The highest BCUT2D eigenvalue weighted by Gasteiger charge is 2.38. The number of Topliss-reactive ketones (excluding diaryl/α,β-unsaturated/α-hetero) is 1. The number of carbonyl (C=O) groups is 3. The molecule has 0 fully saturated rings. The molecule has 0 aliphatic heterocycles. The van der Waals surface area contributed by atoms with Crippen LogP contribution in [-0.4, -0.2) is 29.9 Å². The molecule has 0 aliphatic carbocycles. The van der Waals surface area contributed by atoms with Crippen molar-refractivity contribution in [2.24, 2.45) is 5.41 Å². The van der Waals surface area contributed by atoms with Gasteiger partial charge in [-0.15, -0.1) is 0 Å². The molecule has 0 saturated carbocycles. The minimum absolute atomic E-state index is 0.206. The van der Waals surface area contributed by atoms with Crippen molar-refractivity contribution in [3.05, 3.63) is 0 Å². The van der Waals surface area contributed by atoms with E-state index in [0.717, 1.165) is 0 Å². The highest BCUT2D eigenvalue weighted by Crippen LogP contribution is 2.31. The number of ketones is 1. The molecule has 5 heteroatoms. The van der Waals surface area contributed by atoms with Crippen LogP contribution < -0.4 is 0 Å². The monoisotopic (exact) mass is 258 g/mol. The van der Waals surface area contributed by atoms with Gasteiger partial charge in [0.15, 0.2) is 11.9 Å². The highest BCUT2D eigenvalue weighted by atomic mass is 16.6. The summed E-state index contributed by atoms with van der Waals surface area (Å²) in [6.07, 6.45) is -0.450. The maximum absolute atomic E-state index is 11.9. The minimum Gasteiger partial charge on any atom is -0.462 e. The molecule has 0 amide bonds. The minimum atomic E-state index is -0.837. The first-order chi connectivity index (χ1) is 8.02. The molecule has 1 atom stereocenters. The molecule has 0 spiro atoms. The lowest BCUT2D eigenvalue weighted by atomic mass is 9.81. The predicted octanol–water partition coefficient (Wildman–Crippen LogP) is 1.88. The summed E-state index contributed by atoms with van der Waals surface area (Å²) in [5.74, 6) is -0.685. The van der Waals surface area contributed by atoms with Gasteiger partial charge in [0.25, 0.3) is 6.47 Å². The van der Waals surface area contributed by atoms with Gasteiger partial charge < -0.3 is 9.47 Å². The summed E-state index contributed by atoms with van der Waals surface area (Å²) >= 11 is 0. The number of rotatable bonds is 7. The third-order valence-electron chi connectivity index (χ3n) is 2.64. The van der Waals surface area contributed by atoms with Crippen LogP contribution in [0.4, 0.5) is 0 Å². The number of ether oxygens (including phenoxy) is 2. The molecule has 1 unspecified atom stereocenters. The first-order valence-corrected chi connectivity index (χ1v) is 5.85. The Bertz CT molecular complexity index is 330. The zero-order valence-electron chi connectivity index (χ0n) is 11.9. The van der Waals surface area contributed by atoms with E-state index >= 15 is 0 Å². The first kappa shape index (κ1) is 16.6. The van der Waals surface area contributed by atoms with Crippen molar-refractivity contribution >= 4 is 18.2 Å². The van der Waals surface area contributed by atoms with Crippen LogP contribution in [0.3, 0.4) is 0 Å². The lowest BCUT2D eigenvalue weighted by Crippen LogP contribution is -2.39. The number of esters is 1. The van der Waals surface area contributed by atoms with Crippen LogP contribution in [0.5, 0.6) is 0 Å². The van der Waals surface area contributed by atoms with E-state index in [9.17, 15) is 14.4 Å². The Morgan fingerprint density at radius 3 is 2.11 bits per heavy atom. The molecular weight excluding hydrogens is 236 g/mol. The maximum atomic E-state index is 11.9. The molecule has 0 N–H and O–H groups in total. The quantitative estimate of drug-likeness (QED) is 0.515. The van der Waals surface area contributed by atoms with Gasteiger partial charge in [-0.2, -0.15) is 0 Å². The molecule has 0 saturated heterocycles. The summed E-state index contributed by atoms with van der Waals surface area (Å²) in [5, 5.41) is 0. The van der Waals surface area contributed by atoms with Gasteiger partial charge in [-0.25, -0.2) is 0 Å². The molecule has 0 radical (unpaired) electrons. The predicted molar refractivity (Wildman–Crippen MR) is 65.9 cm³/mol. The smallest absolute Gasteiger partial charge is 0.312 e. The van der Waals surface area contributed by atoms with Crippen LogP contribution in [-0.2, 0) is 23.9 Å². The Labute approximate surface area is 108 Å². The van der Waals surface area contributed by atoms with Gasteiger partial charge >= 0.3 is 5.97 Å². The summed E-state index contributed by atoms with van der Waals surface area (Å²) < 4.78 is 9.98. The van der Waals surface area contributed by atoms with Crippen molar-refractivity contribution in [3.63, 3.8) is 0 Å². The highest BCUT2D eigenvalue weighted by molar-refractivity contribution is 5.84. The normalized spacial score (nSPS) is 13.7. The topological polar surface area (TPSA) is 69.7 Å². The van der Waals surface area contributed by atoms with Crippen LogP contribution in [0.1, 0.15) is 48.0 Å². The van der Waals surface area contributed by atoms with Crippen molar-refractivity contribution < 1.29 is 23.9 Å². The molecule has 0 aromatic carbocycles. The molecule has 0 bridgehead atoms. The van der Waals surface area contributed by atoms with E-state index in [1.807, 2.05) is 0 Å². The molecule has 0 rings (SSSR count). The summed E-state index contributed by atoms with van der Waals surface area (Å²) in [7, 11) is 0. The summed E-state index contributed by atoms with van der Waals surface area (Å²) in [6, 6.07) is 0. The second kappa shape index (κ2) is 5.98. The Hall–Kier alpha value is -1.39. The molecule has 0 aromatic heterocycles. The fraction of sp³-hybridized carbons (Fsp3) is 0.769. The third-order valence-corrected chi connectivity index (χ3v) is 2.64. The lowest BCUT2D eigenvalue weighted by molar-refractivity contribution is -0.167. The van der Waals surface area contributed by atoms with E-state index in [0.29, 0.717) is 12.9 Å². The van der Waals surface area contributed by atoms with Gasteiger partial charge in [0, 0.05) is 6.42 Å². The lowest BCUT2D eigenvalue weighted by Gasteiger charge is -2.32. The molecular formula is C13H22O5. The Morgan fingerprint density at radius 1 is 1.22 bits per heavy atom. The van der Waals surface area contributed by atoms with Crippen LogP contribution in [0, 0.1) is 5.41 Å². The van der Waals surface area contributed by atoms with E-state index in [1.165, 1.54) is 13.8 Å². The van der Waals surface area contributed by atoms with Crippen molar-refractivity contribution in [2.75, 3.05) is 0 Å². The molecule has 104 valence electrons. The van der Waals surface area contributed by atoms with Gasteiger partial charge in [-0.3, -0.25) is 14.4 Å². The average molecular weight is 258 g/mol. The molecule has 0 heterocycles. The second-order valence-electron chi connectivity index (χ2n) is 5.69. The maximum Gasteiger partial charge on any atom is 0.312 e. The van der Waals surface area contributed by atoms with Crippen molar-refractivity contribution in [3.8, 4) is 0 Å². The van der Waals surface area contributed by atoms with Gasteiger partial charge in [0.2, 0.25) is 0 Å².